The van der Waals surface area contributed by atoms with E-state index in [2.05, 4.69) is 10.6 Å². The number of hydrogen-bond acceptors (Lipinski definition) is 3. The first-order chi connectivity index (χ1) is 7.51. The molecule has 0 saturated carbocycles. The fourth-order valence-corrected chi connectivity index (χ4v) is 1.22. The number of aliphatic carboxylic acids is 1. The molecule has 1 amide bonds. The van der Waals surface area contributed by atoms with Gasteiger partial charge >= 0.3 is 5.97 Å². The second-order valence-corrected chi connectivity index (χ2v) is 3.88. The maximum absolute atomic E-state index is 11.4. The largest absolute Gasteiger partial charge is 0.480 e. The van der Waals surface area contributed by atoms with E-state index in [4.69, 9.17) is 5.11 Å². The standard InChI is InChI=1S/C11H22N2O3/c1-4-8(3)13-10(14)6-7-12-9(5-2)11(15)16/h8-9,12H,4-7H2,1-3H3,(H,13,14)(H,15,16). The minimum atomic E-state index is -0.871. The van der Waals surface area contributed by atoms with Crippen LogP contribution in [0.2, 0.25) is 0 Å². The Balaban J connectivity index is 3.72. The number of carbonyl (C=O) groups excluding carboxylic acids is 1. The van der Waals surface area contributed by atoms with Crippen LogP contribution < -0.4 is 10.6 Å². The molecule has 0 bridgehead atoms. The highest BCUT2D eigenvalue weighted by atomic mass is 16.4. The molecule has 0 fully saturated rings. The van der Waals surface area contributed by atoms with Crippen molar-refractivity contribution in [2.24, 2.45) is 0 Å². The Bertz CT molecular complexity index is 231. The summed E-state index contributed by atoms with van der Waals surface area (Å²) in [6, 6.07) is -0.384. The number of hydrogen-bond donors (Lipinski definition) is 3. The molecule has 2 unspecified atom stereocenters. The fraction of sp³-hybridized carbons (Fsp3) is 0.818. The summed E-state index contributed by atoms with van der Waals surface area (Å²) in [4.78, 5) is 22.0. The number of carbonyl (C=O) groups is 2. The smallest absolute Gasteiger partial charge is 0.320 e. The summed E-state index contributed by atoms with van der Waals surface area (Å²) in [6.07, 6.45) is 1.72. The van der Waals surface area contributed by atoms with Crippen LogP contribution in [0.3, 0.4) is 0 Å². The van der Waals surface area contributed by atoms with Crippen LogP contribution in [0.5, 0.6) is 0 Å². The number of amides is 1. The SMILES string of the molecule is CCC(C)NC(=O)CCNC(CC)C(=O)O. The van der Waals surface area contributed by atoms with E-state index in [-0.39, 0.29) is 11.9 Å². The summed E-state index contributed by atoms with van der Waals surface area (Å²) in [5, 5.41) is 14.4. The van der Waals surface area contributed by atoms with Crippen LogP contribution in [0.25, 0.3) is 0 Å². The molecule has 0 aliphatic heterocycles. The zero-order valence-electron chi connectivity index (χ0n) is 10.2. The third kappa shape index (κ3) is 6.40. The normalized spacial score (nSPS) is 14.2. The summed E-state index contributed by atoms with van der Waals surface area (Å²) >= 11 is 0. The van der Waals surface area contributed by atoms with Gasteiger partial charge in [0.2, 0.25) is 5.91 Å². The van der Waals surface area contributed by atoms with Gasteiger partial charge in [0.25, 0.3) is 0 Å². The molecule has 0 radical (unpaired) electrons. The summed E-state index contributed by atoms with van der Waals surface area (Å²) in [6.45, 7) is 6.14. The molecule has 0 aromatic rings. The van der Waals surface area contributed by atoms with Gasteiger partial charge in [-0.15, -0.1) is 0 Å². The van der Waals surface area contributed by atoms with E-state index in [1.807, 2.05) is 13.8 Å². The van der Waals surface area contributed by atoms with E-state index in [0.717, 1.165) is 6.42 Å². The summed E-state index contributed by atoms with van der Waals surface area (Å²) < 4.78 is 0. The van der Waals surface area contributed by atoms with E-state index >= 15 is 0 Å². The van der Waals surface area contributed by atoms with E-state index in [1.165, 1.54) is 0 Å². The van der Waals surface area contributed by atoms with E-state index < -0.39 is 12.0 Å². The predicted molar refractivity (Wildman–Crippen MR) is 62.2 cm³/mol. The Morgan fingerprint density at radius 2 is 1.88 bits per heavy atom. The molecule has 94 valence electrons. The van der Waals surface area contributed by atoms with Gasteiger partial charge in [0, 0.05) is 19.0 Å². The number of nitrogens with one attached hydrogen (secondary N) is 2. The molecule has 0 saturated heterocycles. The van der Waals surface area contributed by atoms with E-state index in [0.29, 0.717) is 19.4 Å². The minimum absolute atomic E-state index is 0.0397. The predicted octanol–water partition coefficient (Wildman–Crippen LogP) is 0.744. The first kappa shape index (κ1) is 14.9. The van der Waals surface area contributed by atoms with Gasteiger partial charge in [-0.1, -0.05) is 13.8 Å². The Morgan fingerprint density at radius 1 is 1.25 bits per heavy atom. The van der Waals surface area contributed by atoms with Crippen LogP contribution in [0, 0.1) is 0 Å². The zero-order chi connectivity index (χ0) is 12.6. The monoisotopic (exact) mass is 230 g/mol. The van der Waals surface area contributed by atoms with Crippen molar-refractivity contribution in [3.05, 3.63) is 0 Å². The lowest BCUT2D eigenvalue weighted by Crippen LogP contribution is -2.39. The Kier molecular flexibility index (Phi) is 7.54. The zero-order valence-corrected chi connectivity index (χ0v) is 10.2. The molecular formula is C11H22N2O3. The van der Waals surface area contributed by atoms with Gasteiger partial charge < -0.3 is 15.7 Å². The molecule has 0 aromatic heterocycles. The Morgan fingerprint density at radius 3 is 2.31 bits per heavy atom. The van der Waals surface area contributed by atoms with Crippen LogP contribution in [0.4, 0.5) is 0 Å². The Labute approximate surface area is 96.6 Å². The average Bonchev–Trinajstić information content (AvgIpc) is 2.23. The van der Waals surface area contributed by atoms with Crippen LogP contribution >= 0.6 is 0 Å². The molecule has 0 spiro atoms. The molecular weight excluding hydrogens is 208 g/mol. The number of carboxylic acids is 1. The number of carboxylic acid groups (broad SMARTS) is 1. The maximum Gasteiger partial charge on any atom is 0.320 e. The number of rotatable bonds is 8. The fourth-order valence-electron chi connectivity index (χ4n) is 1.22. The Hall–Kier alpha value is -1.10. The molecule has 0 aliphatic carbocycles. The van der Waals surface area contributed by atoms with Crippen molar-refractivity contribution in [3.63, 3.8) is 0 Å². The molecule has 0 aromatic carbocycles. The van der Waals surface area contributed by atoms with E-state index in [1.54, 1.807) is 6.92 Å². The van der Waals surface area contributed by atoms with Crippen molar-refractivity contribution in [1.29, 1.82) is 0 Å². The minimum Gasteiger partial charge on any atom is -0.480 e. The van der Waals surface area contributed by atoms with Gasteiger partial charge in [-0.25, -0.2) is 0 Å². The highest BCUT2D eigenvalue weighted by Gasteiger charge is 2.14. The van der Waals surface area contributed by atoms with E-state index in [9.17, 15) is 9.59 Å². The quantitative estimate of drug-likeness (QED) is 0.575. The van der Waals surface area contributed by atoms with Gasteiger partial charge in [0.05, 0.1) is 0 Å². The van der Waals surface area contributed by atoms with Gasteiger partial charge in [-0.3, -0.25) is 9.59 Å². The second kappa shape index (κ2) is 8.10. The molecule has 5 nitrogen and oxygen atoms in total. The van der Waals surface area contributed by atoms with Crippen LogP contribution in [0.15, 0.2) is 0 Å². The molecule has 3 N–H and O–H groups in total. The highest BCUT2D eigenvalue weighted by molar-refractivity contribution is 5.76. The summed E-state index contributed by atoms with van der Waals surface area (Å²) in [5.74, 6) is -0.910. The lowest BCUT2D eigenvalue weighted by atomic mass is 10.2. The molecule has 0 heterocycles. The third-order valence-electron chi connectivity index (χ3n) is 2.47. The van der Waals surface area contributed by atoms with Gasteiger partial charge in [-0.05, 0) is 19.8 Å². The van der Waals surface area contributed by atoms with Crippen molar-refractivity contribution in [1.82, 2.24) is 10.6 Å². The van der Waals surface area contributed by atoms with Gasteiger partial charge in [0.15, 0.2) is 0 Å². The second-order valence-electron chi connectivity index (χ2n) is 3.88. The third-order valence-corrected chi connectivity index (χ3v) is 2.47. The molecule has 2 atom stereocenters. The van der Waals surface area contributed by atoms with Crippen molar-refractivity contribution < 1.29 is 14.7 Å². The first-order valence-corrected chi connectivity index (χ1v) is 5.76. The van der Waals surface area contributed by atoms with Crippen molar-refractivity contribution >= 4 is 11.9 Å². The van der Waals surface area contributed by atoms with Gasteiger partial charge in [-0.2, -0.15) is 0 Å². The maximum atomic E-state index is 11.4. The van der Waals surface area contributed by atoms with Crippen LogP contribution in [-0.4, -0.2) is 35.6 Å². The summed E-state index contributed by atoms with van der Waals surface area (Å²) in [5.41, 5.74) is 0. The van der Waals surface area contributed by atoms with Crippen LogP contribution in [0.1, 0.15) is 40.0 Å². The van der Waals surface area contributed by atoms with Crippen molar-refractivity contribution in [3.8, 4) is 0 Å². The molecule has 16 heavy (non-hydrogen) atoms. The molecule has 5 heteroatoms. The average molecular weight is 230 g/mol. The van der Waals surface area contributed by atoms with Crippen molar-refractivity contribution in [2.45, 2.75) is 52.1 Å². The molecule has 0 rings (SSSR count). The lowest BCUT2D eigenvalue weighted by molar-refractivity contribution is -0.139. The first-order valence-electron chi connectivity index (χ1n) is 5.76. The van der Waals surface area contributed by atoms with Gasteiger partial charge in [0.1, 0.15) is 6.04 Å². The van der Waals surface area contributed by atoms with Crippen molar-refractivity contribution in [2.75, 3.05) is 6.54 Å². The molecule has 0 aliphatic rings. The van der Waals surface area contributed by atoms with Crippen LogP contribution in [-0.2, 0) is 9.59 Å². The topological polar surface area (TPSA) is 78.4 Å². The highest BCUT2D eigenvalue weighted by Crippen LogP contribution is 1.92. The summed E-state index contributed by atoms with van der Waals surface area (Å²) in [7, 11) is 0. The lowest BCUT2D eigenvalue weighted by Gasteiger charge is -2.14.